The molecular weight excluding hydrogens is 375 g/mol. The third-order valence-corrected chi connectivity index (χ3v) is 6.27. The van der Waals surface area contributed by atoms with E-state index in [4.69, 9.17) is 11.6 Å². The van der Waals surface area contributed by atoms with Gasteiger partial charge in [-0.05, 0) is 46.7 Å². The van der Waals surface area contributed by atoms with E-state index in [1.807, 2.05) is 11.8 Å². The lowest BCUT2D eigenvalue weighted by Gasteiger charge is -2.21. The summed E-state index contributed by atoms with van der Waals surface area (Å²) in [4.78, 5) is 13.5. The minimum absolute atomic E-state index is 0.137. The Morgan fingerprint density at radius 2 is 2.05 bits per heavy atom. The van der Waals surface area contributed by atoms with Crippen LogP contribution in [0.5, 0.6) is 0 Å². The Kier molecular flexibility index (Phi) is 5.81. The molecule has 22 heavy (non-hydrogen) atoms. The zero-order valence-electron chi connectivity index (χ0n) is 11.3. The summed E-state index contributed by atoms with van der Waals surface area (Å²) in [6.07, 6.45) is 0. The highest BCUT2D eigenvalue weighted by Crippen LogP contribution is 2.37. The highest BCUT2D eigenvalue weighted by atomic mass is 35.5. The summed E-state index contributed by atoms with van der Waals surface area (Å²) in [5, 5.41) is 0.839. The van der Waals surface area contributed by atoms with Crippen molar-refractivity contribution >= 4 is 49.0 Å². The van der Waals surface area contributed by atoms with Crippen molar-refractivity contribution in [3.8, 4) is 0 Å². The van der Waals surface area contributed by atoms with Crippen molar-refractivity contribution < 1.29 is 13.2 Å². The molecule has 2 aromatic rings. The molecule has 2 nitrogen and oxygen atoms in total. The monoisotopic (exact) mass is 385 g/mol. The molecule has 1 aromatic heterocycles. The van der Waals surface area contributed by atoms with Gasteiger partial charge in [-0.15, -0.1) is 0 Å². The minimum Gasteiger partial charge on any atom is -0.357 e. The van der Waals surface area contributed by atoms with Gasteiger partial charge in [-0.1, -0.05) is 34.1 Å². The molecule has 0 bridgehead atoms. The molecule has 0 N–H and O–H groups in total. The van der Waals surface area contributed by atoms with Gasteiger partial charge in [0.2, 0.25) is 0 Å². The maximum Gasteiger partial charge on any atom is 0.446 e. The van der Waals surface area contributed by atoms with Gasteiger partial charge in [0.25, 0.3) is 4.74 Å². The van der Waals surface area contributed by atoms with Gasteiger partial charge in [0.1, 0.15) is 10.0 Å². The smallest absolute Gasteiger partial charge is 0.357 e. The number of halogens is 4. The van der Waals surface area contributed by atoms with Crippen LogP contribution in [0.25, 0.3) is 0 Å². The van der Waals surface area contributed by atoms with Gasteiger partial charge in [-0.25, -0.2) is 0 Å². The van der Waals surface area contributed by atoms with Crippen molar-refractivity contribution in [2.45, 2.75) is 23.9 Å². The molecule has 0 aliphatic heterocycles. The van der Waals surface area contributed by atoms with E-state index in [0.717, 1.165) is 15.9 Å². The van der Waals surface area contributed by atoms with Gasteiger partial charge in [-0.3, -0.25) is 4.79 Å². The molecule has 0 fully saturated rings. The Morgan fingerprint density at radius 1 is 1.32 bits per heavy atom. The van der Waals surface area contributed by atoms with Crippen LogP contribution in [0.2, 0.25) is 5.02 Å². The molecule has 0 amide bonds. The third-order valence-electron chi connectivity index (χ3n) is 2.74. The zero-order chi connectivity index (χ0) is 16.3. The average molecular weight is 386 g/mol. The fraction of sp³-hybridized carbons (Fsp3) is 0.308. The van der Waals surface area contributed by atoms with E-state index >= 15 is 0 Å². The summed E-state index contributed by atoms with van der Waals surface area (Å²) in [5.74, 6) is 0. The Hall–Kier alpha value is -0.700. The van der Waals surface area contributed by atoms with Crippen LogP contribution in [0.1, 0.15) is 12.5 Å². The van der Waals surface area contributed by atoms with Gasteiger partial charge in [-0.2, -0.15) is 13.2 Å². The molecule has 0 radical (unpaired) electrons. The first-order chi connectivity index (χ1) is 10.3. The second-order valence-electron chi connectivity index (χ2n) is 4.28. The van der Waals surface area contributed by atoms with Crippen molar-refractivity contribution in [3.63, 3.8) is 0 Å². The molecule has 1 heterocycles. The predicted octanol–water partition coefficient (Wildman–Crippen LogP) is 5.46. The molecule has 2 rings (SSSR count). The number of thioether (sulfide) groups is 1. The molecule has 120 valence electrons. The zero-order valence-corrected chi connectivity index (χ0v) is 14.5. The molecule has 0 spiro atoms. The molecule has 0 aliphatic rings. The molecule has 9 heteroatoms. The molecule has 0 atom stereocenters. The second kappa shape index (κ2) is 7.25. The van der Waals surface area contributed by atoms with Crippen molar-refractivity contribution in [2.24, 2.45) is 0 Å². The van der Waals surface area contributed by atoms with Gasteiger partial charge in [0.15, 0.2) is 0 Å². The lowest BCUT2D eigenvalue weighted by Crippen LogP contribution is -2.21. The minimum atomic E-state index is -4.31. The van der Waals surface area contributed by atoms with E-state index in [0.29, 0.717) is 18.1 Å². The molecule has 0 aliphatic carbocycles. The third kappa shape index (κ3) is 4.65. The Labute approximate surface area is 141 Å². The van der Waals surface area contributed by atoms with Crippen LogP contribution in [0.15, 0.2) is 34.0 Å². The van der Waals surface area contributed by atoms with Crippen molar-refractivity contribution in [2.75, 3.05) is 11.4 Å². The summed E-state index contributed by atoms with van der Waals surface area (Å²) < 4.78 is 37.1. The van der Waals surface area contributed by atoms with E-state index < -0.39 is 5.51 Å². The molecule has 0 saturated heterocycles. The molecular formula is C13H11ClF3NOS3. The topological polar surface area (TPSA) is 20.3 Å². The van der Waals surface area contributed by atoms with Crippen LogP contribution < -0.4 is 9.64 Å². The van der Waals surface area contributed by atoms with E-state index in [1.165, 1.54) is 22.5 Å². The molecule has 0 unspecified atom stereocenters. The number of alkyl halides is 3. The first-order valence-electron chi connectivity index (χ1n) is 6.18. The first kappa shape index (κ1) is 17.7. The number of hydrogen-bond acceptors (Lipinski definition) is 5. The lowest BCUT2D eigenvalue weighted by atomic mass is 10.2. The largest absolute Gasteiger partial charge is 0.446 e. The van der Waals surface area contributed by atoms with E-state index in [9.17, 15) is 18.0 Å². The highest BCUT2D eigenvalue weighted by molar-refractivity contribution is 8.00. The highest BCUT2D eigenvalue weighted by Gasteiger charge is 2.29. The Bertz CT molecular complexity index is 698. The van der Waals surface area contributed by atoms with Crippen LogP contribution in [-0.2, 0) is 6.54 Å². The first-order valence-corrected chi connectivity index (χ1v) is 9.53. The fourth-order valence-corrected chi connectivity index (χ4v) is 5.20. The van der Waals surface area contributed by atoms with Crippen LogP contribution in [0.3, 0.4) is 0 Å². The summed E-state index contributed by atoms with van der Waals surface area (Å²) >= 11 is 5.84. The summed E-state index contributed by atoms with van der Waals surface area (Å²) in [5.41, 5.74) is -3.57. The van der Waals surface area contributed by atoms with E-state index in [2.05, 4.69) is 0 Å². The quantitative estimate of drug-likeness (QED) is 0.503. The number of anilines is 1. The number of hydrogen-bond donors (Lipinski definition) is 0. The number of rotatable bonds is 5. The summed E-state index contributed by atoms with van der Waals surface area (Å²) in [6.45, 7) is 2.90. The summed E-state index contributed by atoms with van der Waals surface area (Å²) in [6, 6.07) is 6.28. The van der Waals surface area contributed by atoms with Crippen LogP contribution in [0, 0.1) is 0 Å². The van der Waals surface area contributed by atoms with Crippen molar-refractivity contribution in [1.82, 2.24) is 0 Å². The van der Waals surface area contributed by atoms with Gasteiger partial charge in [0.05, 0.1) is 0 Å². The summed E-state index contributed by atoms with van der Waals surface area (Å²) in [7, 11) is 2.34. The lowest BCUT2D eigenvalue weighted by molar-refractivity contribution is -0.0328. The number of nitrogens with zero attached hydrogens (tertiary/aromatic N) is 1. The maximum absolute atomic E-state index is 12.4. The average Bonchev–Trinajstić information content (AvgIpc) is 2.75. The fourth-order valence-electron chi connectivity index (χ4n) is 1.82. The normalized spacial score (nSPS) is 11.7. The second-order valence-corrected chi connectivity index (χ2v) is 7.89. The van der Waals surface area contributed by atoms with E-state index in [-0.39, 0.29) is 26.4 Å². The SMILES string of the molecule is CCN(Cc1cccc(SC(F)(F)F)c1)c1ssc(=O)c1Cl. The predicted molar refractivity (Wildman–Crippen MR) is 88.6 cm³/mol. The van der Waals surface area contributed by atoms with Crippen molar-refractivity contribution in [1.29, 1.82) is 0 Å². The van der Waals surface area contributed by atoms with Gasteiger partial charge in [0, 0.05) is 18.0 Å². The van der Waals surface area contributed by atoms with Crippen molar-refractivity contribution in [3.05, 3.63) is 44.4 Å². The maximum atomic E-state index is 12.4. The van der Waals surface area contributed by atoms with E-state index in [1.54, 1.807) is 12.1 Å². The number of benzene rings is 1. The molecule has 1 aromatic carbocycles. The standard InChI is InChI=1S/C13H11ClF3NOS3/c1-2-18(11-10(14)12(19)22-21-11)7-8-4-3-5-9(6-8)20-13(15,16)17/h3-6H,2,7H2,1H3. The Morgan fingerprint density at radius 3 is 2.59 bits per heavy atom. The van der Waals surface area contributed by atoms with Gasteiger partial charge >= 0.3 is 5.51 Å². The van der Waals surface area contributed by atoms with Gasteiger partial charge < -0.3 is 4.90 Å². The van der Waals surface area contributed by atoms with Crippen LogP contribution >= 0.6 is 44.0 Å². The molecule has 0 saturated carbocycles. The van der Waals surface area contributed by atoms with Crippen LogP contribution in [-0.4, -0.2) is 12.1 Å². The van der Waals surface area contributed by atoms with Crippen LogP contribution in [0.4, 0.5) is 18.2 Å². The Balaban J connectivity index is 2.20.